The summed E-state index contributed by atoms with van der Waals surface area (Å²) in [4.78, 5) is 2.23. The molecule has 0 fully saturated rings. The van der Waals surface area contributed by atoms with Crippen LogP contribution in [0.15, 0.2) is 22.7 Å². The van der Waals surface area contributed by atoms with Gasteiger partial charge < -0.3 is 15.3 Å². The molecule has 0 atom stereocenters. The van der Waals surface area contributed by atoms with E-state index in [1.807, 2.05) is 7.05 Å². The molecular weight excluding hydrogens is 292 g/mol. The van der Waals surface area contributed by atoms with E-state index in [0.717, 1.165) is 24.0 Å². The molecule has 0 radical (unpaired) electrons. The molecular formula is C14H23BrN2O. The van der Waals surface area contributed by atoms with Crippen molar-refractivity contribution in [3.05, 3.63) is 28.2 Å². The number of aliphatic hydroxyl groups excluding tert-OH is 1. The Bertz CT molecular complexity index is 358. The summed E-state index contributed by atoms with van der Waals surface area (Å²) >= 11 is 3.61. The summed E-state index contributed by atoms with van der Waals surface area (Å²) in [5, 5.41) is 12.3. The highest BCUT2D eigenvalue weighted by Crippen LogP contribution is 2.24. The van der Waals surface area contributed by atoms with Gasteiger partial charge in [-0.05, 0) is 31.2 Å². The lowest BCUT2D eigenvalue weighted by Crippen LogP contribution is -2.27. The zero-order chi connectivity index (χ0) is 13.4. The Balaban J connectivity index is 2.81. The van der Waals surface area contributed by atoms with Gasteiger partial charge in [0, 0.05) is 29.8 Å². The first kappa shape index (κ1) is 15.5. The maximum absolute atomic E-state index is 9.14. The van der Waals surface area contributed by atoms with Crippen molar-refractivity contribution in [2.75, 3.05) is 31.6 Å². The summed E-state index contributed by atoms with van der Waals surface area (Å²) in [6.07, 6.45) is 2.32. The van der Waals surface area contributed by atoms with E-state index < -0.39 is 0 Å². The fourth-order valence-corrected chi connectivity index (χ4v) is 2.41. The average Bonchev–Trinajstić information content (AvgIpc) is 2.37. The van der Waals surface area contributed by atoms with Crippen LogP contribution in [0.1, 0.15) is 25.3 Å². The second-order valence-electron chi connectivity index (χ2n) is 4.37. The van der Waals surface area contributed by atoms with Crippen LogP contribution in [0, 0.1) is 0 Å². The van der Waals surface area contributed by atoms with Gasteiger partial charge in [0.2, 0.25) is 0 Å². The van der Waals surface area contributed by atoms with Crippen LogP contribution in [0.4, 0.5) is 5.69 Å². The largest absolute Gasteiger partial charge is 0.395 e. The fraction of sp³-hybridized carbons (Fsp3) is 0.571. The van der Waals surface area contributed by atoms with Crippen molar-refractivity contribution < 1.29 is 5.11 Å². The number of unbranched alkanes of at least 4 members (excludes halogenated alkanes) is 1. The van der Waals surface area contributed by atoms with Crippen LogP contribution in [0.3, 0.4) is 0 Å². The highest BCUT2D eigenvalue weighted by molar-refractivity contribution is 9.10. The predicted octanol–water partition coefficient (Wildman–Crippen LogP) is 2.77. The van der Waals surface area contributed by atoms with Crippen molar-refractivity contribution >= 4 is 21.6 Å². The van der Waals surface area contributed by atoms with E-state index in [0.29, 0.717) is 6.54 Å². The van der Waals surface area contributed by atoms with E-state index in [1.54, 1.807) is 0 Å². The molecule has 0 aromatic heterocycles. The summed E-state index contributed by atoms with van der Waals surface area (Å²) in [6, 6.07) is 6.40. The van der Waals surface area contributed by atoms with Crippen molar-refractivity contribution in [1.82, 2.24) is 5.32 Å². The quantitative estimate of drug-likeness (QED) is 0.774. The van der Waals surface area contributed by atoms with E-state index in [9.17, 15) is 0 Å². The maximum Gasteiger partial charge on any atom is 0.0606 e. The Morgan fingerprint density at radius 2 is 2.11 bits per heavy atom. The lowest BCUT2D eigenvalue weighted by Gasteiger charge is -2.24. The van der Waals surface area contributed by atoms with Crippen LogP contribution in [0.25, 0.3) is 0 Å². The van der Waals surface area contributed by atoms with Crippen molar-refractivity contribution in [2.24, 2.45) is 0 Å². The molecule has 3 nitrogen and oxygen atoms in total. The van der Waals surface area contributed by atoms with Crippen LogP contribution in [0.5, 0.6) is 0 Å². The highest BCUT2D eigenvalue weighted by atomic mass is 79.9. The molecule has 102 valence electrons. The zero-order valence-corrected chi connectivity index (χ0v) is 12.8. The number of nitrogens with one attached hydrogen (secondary N) is 1. The number of hydrogen-bond donors (Lipinski definition) is 2. The summed E-state index contributed by atoms with van der Waals surface area (Å²) in [5.41, 5.74) is 2.42. The van der Waals surface area contributed by atoms with Crippen molar-refractivity contribution in [3.63, 3.8) is 0 Å². The first-order valence-electron chi connectivity index (χ1n) is 6.51. The minimum atomic E-state index is 0.194. The van der Waals surface area contributed by atoms with E-state index in [1.165, 1.54) is 17.7 Å². The van der Waals surface area contributed by atoms with Gasteiger partial charge in [-0.2, -0.15) is 0 Å². The monoisotopic (exact) mass is 314 g/mol. The van der Waals surface area contributed by atoms with Crippen molar-refractivity contribution in [3.8, 4) is 0 Å². The van der Waals surface area contributed by atoms with Gasteiger partial charge in [0.1, 0.15) is 0 Å². The van der Waals surface area contributed by atoms with Gasteiger partial charge in [-0.25, -0.2) is 0 Å². The third kappa shape index (κ3) is 4.59. The summed E-state index contributed by atoms with van der Waals surface area (Å²) < 4.78 is 1.12. The molecule has 2 N–H and O–H groups in total. The molecule has 0 aliphatic carbocycles. The minimum Gasteiger partial charge on any atom is -0.395 e. The van der Waals surface area contributed by atoms with Crippen molar-refractivity contribution in [2.45, 2.75) is 26.3 Å². The van der Waals surface area contributed by atoms with E-state index in [2.05, 4.69) is 51.3 Å². The number of rotatable bonds is 8. The highest BCUT2D eigenvalue weighted by Gasteiger charge is 2.07. The van der Waals surface area contributed by atoms with Crippen LogP contribution in [-0.2, 0) is 6.54 Å². The molecule has 0 aliphatic rings. The third-order valence-electron chi connectivity index (χ3n) is 2.92. The van der Waals surface area contributed by atoms with Gasteiger partial charge in [0.25, 0.3) is 0 Å². The summed E-state index contributed by atoms with van der Waals surface area (Å²) in [7, 11) is 1.94. The predicted molar refractivity (Wildman–Crippen MR) is 81.1 cm³/mol. The van der Waals surface area contributed by atoms with Gasteiger partial charge in [-0.3, -0.25) is 0 Å². The fourth-order valence-electron chi connectivity index (χ4n) is 1.91. The van der Waals surface area contributed by atoms with Crippen LogP contribution >= 0.6 is 15.9 Å². The molecule has 0 aliphatic heterocycles. The minimum absolute atomic E-state index is 0.194. The molecule has 0 spiro atoms. The van der Waals surface area contributed by atoms with Gasteiger partial charge in [0.05, 0.1) is 6.61 Å². The molecule has 18 heavy (non-hydrogen) atoms. The molecule has 0 bridgehead atoms. The Morgan fingerprint density at radius 1 is 1.33 bits per heavy atom. The Labute approximate surface area is 118 Å². The SMILES string of the molecule is CCCCN(CCO)c1ccc(CNC)c(Br)c1. The van der Waals surface area contributed by atoms with Crippen molar-refractivity contribution in [1.29, 1.82) is 0 Å². The number of halogens is 1. The first-order chi connectivity index (χ1) is 8.72. The zero-order valence-electron chi connectivity index (χ0n) is 11.2. The number of nitrogens with zero attached hydrogens (tertiary/aromatic N) is 1. The smallest absolute Gasteiger partial charge is 0.0606 e. The maximum atomic E-state index is 9.14. The summed E-state index contributed by atoms with van der Waals surface area (Å²) in [5.74, 6) is 0. The van der Waals surface area contributed by atoms with E-state index >= 15 is 0 Å². The lowest BCUT2D eigenvalue weighted by atomic mass is 10.2. The summed E-state index contributed by atoms with van der Waals surface area (Å²) in [6.45, 7) is 4.92. The number of anilines is 1. The Hall–Kier alpha value is -0.580. The van der Waals surface area contributed by atoms with Gasteiger partial charge in [-0.1, -0.05) is 35.3 Å². The molecule has 1 aromatic carbocycles. The Morgan fingerprint density at radius 3 is 2.67 bits per heavy atom. The van der Waals surface area contributed by atoms with Crippen LogP contribution in [0.2, 0.25) is 0 Å². The second-order valence-corrected chi connectivity index (χ2v) is 5.22. The molecule has 1 rings (SSSR count). The average molecular weight is 315 g/mol. The van der Waals surface area contributed by atoms with E-state index in [-0.39, 0.29) is 6.61 Å². The molecule has 4 heteroatoms. The normalized spacial score (nSPS) is 10.7. The lowest BCUT2D eigenvalue weighted by molar-refractivity contribution is 0.301. The second kappa shape index (κ2) is 8.51. The molecule has 1 aromatic rings. The number of benzene rings is 1. The number of hydrogen-bond acceptors (Lipinski definition) is 3. The molecule has 0 amide bonds. The Kier molecular flexibility index (Phi) is 7.32. The van der Waals surface area contributed by atoms with Crippen LogP contribution in [-0.4, -0.2) is 31.9 Å². The standard InChI is InChI=1S/C14H23BrN2O/c1-3-4-7-17(8-9-18)13-6-5-12(11-16-2)14(15)10-13/h5-6,10,16,18H,3-4,7-9,11H2,1-2H3. The van der Waals surface area contributed by atoms with Gasteiger partial charge in [-0.15, -0.1) is 0 Å². The molecule has 0 unspecified atom stereocenters. The first-order valence-corrected chi connectivity index (χ1v) is 7.31. The molecule has 0 saturated carbocycles. The molecule has 0 heterocycles. The third-order valence-corrected chi connectivity index (χ3v) is 3.66. The molecule has 0 saturated heterocycles. The number of aliphatic hydroxyl groups is 1. The van der Waals surface area contributed by atoms with E-state index in [4.69, 9.17) is 5.11 Å². The van der Waals surface area contributed by atoms with Crippen LogP contribution < -0.4 is 10.2 Å². The van der Waals surface area contributed by atoms with Gasteiger partial charge >= 0.3 is 0 Å². The topological polar surface area (TPSA) is 35.5 Å². The van der Waals surface area contributed by atoms with Gasteiger partial charge in [0.15, 0.2) is 0 Å².